The van der Waals surface area contributed by atoms with Gasteiger partial charge < -0.3 is 13.7 Å². The molecular formula is C54H75NO2S. The maximum absolute atomic E-state index is 5.65. The van der Waals surface area contributed by atoms with E-state index in [2.05, 4.69) is 98.5 Å². The highest BCUT2D eigenvalue weighted by molar-refractivity contribution is 7.25. The van der Waals surface area contributed by atoms with Gasteiger partial charge in [-0.15, -0.1) is 11.3 Å². The summed E-state index contributed by atoms with van der Waals surface area (Å²) >= 11 is 1.86. The third-order valence-corrected chi connectivity index (χ3v) is 9.35. The van der Waals surface area contributed by atoms with Crippen LogP contribution in [-0.2, 0) is 0 Å². The van der Waals surface area contributed by atoms with Gasteiger partial charge in [0.15, 0.2) is 0 Å². The molecule has 0 unspecified atom stereocenters. The van der Waals surface area contributed by atoms with Crippen LogP contribution in [-0.4, -0.2) is 24.5 Å². The number of hydrogen-bond acceptors (Lipinski definition) is 4. The number of thiophene rings is 1. The topological polar surface area (TPSA) is 29.5 Å². The van der Waals surface area contributed by atoms with E-state index in [0.717, 1.165) is 22.3 Å². The highest BCUT2D eigenvalue weighted by Crippen LogP contribution is 2.33. The minimum absolute atomic E-state index is 0.962. The van der Waals surface area contributed by atoms with E-state index in [1.807, 2.05) is 167 Å². The average molecular weight is 802 g/mol. The van der Waals surface area contributed by atoms with Gasteiger partial charge in [-0.05, 0) is 56.0 Å². The first kappa shape index (κ1) is 53.1. The van der Waals surface area contributed by atoms with Crippen LogP contribution in [0.2, 0.25) is 0 Å². The van der Waals surface area contributed by atoms with E-state index in [0.29, 0.717) is 0 Å². The molecule has 0 saturated carbocycles. The Hall–Kier alpha value is -4.90. The van der Waals surface area contributed by atoms with Crippen molar-refractivity contribution < 1.29 is 8.83 Å². The zero-order valence-electron chi connectivity index (χ0n) is 38.6. The van der Waals surface area contributed by atoms with E-state index >= 15 is 0 Å². The van der Waals surface area contributed by atoms with Crippen molar-refractivity contribution >= 4 is 75.4 Å². The van der Waals surface area contributed by atoms with Crippen molar-refractivity contribution in [1.29, 1.82) is 0 Å². The van der Waals surface area contributed by atoms with Crippen molar-refractivity contribution in [3.63, 3.8) is 0 Å². The maximum atomic E-state index is 5.65. The van der Waals surface area contributed by atoms with Gasteiger partial charge in [0.1, 0.15) is 22.3 Å². The number of hydrogen-bond donors (Lipinski definition) is 0. The Morgan fingerprint density at radius 1 is 0.310 bits per heavy atom. The predicted molar refractivity (Wildman–Crippen MR) is 268 cm³/mol. The fourth-order valence-electron chi connectivity index (χ4n) is 5.70. The molecule has 6 aromatic carbocycles. The number of benzene rings is 6. The highest BCUT2D eigenvalue weighted by Gasteiger charge is 2.04. The minimum Gasteiger partial charge on any atom is -0.456 e. The molecule has 3 nitrogen and oxygen atoms in total. The average Bonchev–Trinajstić information content (AvgIpc) is 4.03. The number of para-hydroxylation sites is 4. The second-order valence-electron chi connectivity index (χ2n) is 10.9. The van der Waals surface area contributed by atoms with Crippen LogP contribution in [0.1, 0.15) is 104 Å². The van der Waals surface area contributed by atoms with E-state index in [4.69, 9.17) is 8.83 Å². The summed E-state index contributed by atoms with van der Waals surface area (Å²) < 4.78 is 14.1. The lowest BCUT2D eigenvalue weighted by atomic mass is 10.2. The van der Waals surface area contributed by atoms with Crippen molar-refractivity contribution in [3.8, 4) is 0 Å². The molecule has 9 rings (SSSR count). The van der Waals surface area contributed by atoms with E-state index in [1.54, 1.807) is 0 Å². The minimum atomic E-state index is 0.962. The molecule has 314 valence electrons. The summed E-state index contributed by atoms with van der Waals surface area (Å²) in [5.74, 6) is 0. The maximum Gasteiger partial charge on any atom is 0.135 e. The monoisotopic (exact) mass is 802 g/mol. The third kappa shape index (κ3) is 15.5. The molecule has 0 saturated heterocycles. The summed E-state index contributed by atoms with van der Waals surface area (Å²) in [5, 5.41) is 7.53. The van der Waals surface area contributed by atoms with Gasteiger partial charge in [-0.25, -0.2) is 0 Å². The Labute approximate surface area is 356 Å². The van der Waals surface area contributed by atoms with Crippen LogP contribution in [0.5, 0.6) is 0 Å². The smallest absolute Gasteiger partial charge is 0.135 e. The van der Waals surface area contributed by atoms with Gasteiger partial charge in [-0.3, -0.25) is 0 Å². The van der Waals surface area contributed by atoms with Gasteiger partial charge in [0.2, 0.25) is 0 Å². The molecule has 0 N–H and O–H groups in total. The Morgan fingerprint density at radius 2 is 0.517 bits per heavy atom. The molecule has 0 spiro atoms. The predicted octanol–water partition coefficient (Wildman–Crippen LogP) is 18.7. The summed E-state index contributed by atoms with van der Waals surface area (Å²) in [5.41, 5.74) is 3.85. The molecule has 0 aliphatic rings. The molecule has 3 aromatic heterocycles. The lowest BCUT2D eigenvalue weighted by molar-refractivity contribution is 0.321. The van der Waals surface area contributed by atoms with Crippen molar-refractivity contribution in [3.05, 3.63) is 146 Å². The summed E-state index contributed by atoms with van der Waals surface area (Å²) in [6.45, 7) is 34.1. The number of furan rings is 2. The first-order chi connectivity index (χ1) is 28.7. The number of nitrogens with zero attached hydrogens (tertiary/aromatic N) is 1. The van der Waals surface area contributed by atoms with Gasteiger partial charge in [0.25, 0.3) is 0 Å². The fourth-order valence-corrected chi connectivity index (χ4v) is 6.80. The Morgan fingerprint density at radius 3 is 0.741 bits per heavy atom. The number of fused-ring (bicyclic) bond motifs is 9. The van der Waals surface area contributed by atoms with Crippen LogP contribution >= 0.6 is 11.3 Å². The second-order valence-corrected chi connectivity index (χ2v) is 12.0. The van der Waals surface area contributed by atoms with E-state index in [9.17, 15) is 0 Å². The van der Waals surface area contributed by atoms with E-state index in [1.165, 1.54) is 61.4 Å². The molecule has 0 fully saturated rings. The standard InChI is InChI=1S/2C12H8O.C12H8S.C6H15N.6C2H6/c3*1-3-7-11-9(5-1)10-6-2-4-8-12(10)13-11;1-4-7(5-2)6-3;6*1-2/h3*1-8H;4-6H2,1-3H3;6*1-2H3. The lowest BCUT2D eigenvalue weighted by Gasteiger charge is -2.13. The Bertz CT molecular complexity index is 1900. The van der Waals surface area contributed by atoms with Crippen LogP contribution in [0.25, 0.3) is 64.0 Å². The summed E-state index contributed by atoms with van der Waals surface area (Å²) in [4.78, 5) is 2.38. The van der Waals surface area contributed by atoms with Gasteiger partial charge in [-0.1, -0.05) is 213 Å². The lowest BCUT2D eigenvalue weighted by Crippen LogP contribution is -2.21. The zero-order chi connectivity index (χ0) is 43.7. The van der Waals surface area contributed by atoms with Crippen molar-refractivity contribution in [2.75, 3.05) is 19.6 Å². The first-order valence-corrected chi connectivity index (χ1v) is 22.8. The molecule has 58 heavy (non-hydrogen) atoms. The largest absolute Gasteiger partial charge is 0.456 e. The van der Waals surface area contributed by atoms with E-state index in [-0.39, 0.29) is 0 Å². The van der Waals surface area contributed by atoms with Crippen LogP contribution in [0, 0.1) is 0 Å². The van der Waals surface area contributed by atoms with Gasteiger partial charge in [-0.2, -0.15) is 0 Å². The van der Waals surface area contributed by atoms with Crippen LogP contribution in [0.15, 0.2) is 154 Å². The number of rotatable bonds is 3. The molecule has 0 aliphatic heterocycles. The Balaban J connectivity index is 0.000000698. The molecule has 0 atom stereocenters. The SMILES string of the molecule is CC.CC.CC.CC.CC.CC.CCN(CC)CC.c1ccc2c(c1)oc1ccccc12.c1ccc2c(c1)oc1ccccc12.c1ccc2c(c1)sc1ccccc12. The third-order valence-electron chi connectivity index (χ3n) is 8.19. The molecule has 3 heterocycles. The molecule has 4 heteroatoms. The summed E-state index contributed by atoms with van der Waals surface area (Å²) in [6.07, 6.45) is 0. The van der Waals surface area contributed by atoms with Crippen molar-refractivity contribution in [2.45, 2.75) is 104 Å². The fraction of sp³-hybridized carbons (Fsp3) is 0.333. The molecule has 9 aromatic rings. The van der Waals surface area contributed by atoms with Crippen LogP contribution < -0.4 is 0 Å². The van der Waals surface area contributed by atoms with Crippen LogP contribution in [0.3, 0.4) is 0 Å². The Kier molecular flexibility index (Phi) is 30.3. The van der Waals surface area contributed by atoms with Gasteiger partial charge in [0, 0.05) is 41.7 Å². The first-order valence-electron chi connectivity index (χ1n) is 22.0. The highest BCUT2D eigenvalue weighted by atomic mass is 32.1. The van der Waals surface area contributed by atoms with Gasteiger partial charge in [0.05, 0.1) is 0 Å². The van der Waals surface area contributed by atoms with Gasteiger partial charge >= 0.3 is 0 Å². The molecule has 0 radical (unpaired) electrons. The summed E-state index contributed by atoms with van der Waals surface area (Å²) in [6, 6.07) is 49.5. The van der Waals surface area contributed by atoms with Crippen molar-refractivity contribution in [2.24, 2.45) is 0 Å². The van der Waals surface area contributed by atoms with Crippen LogP contribution in [0.4, 0.5) is 0 Å². The summed E-state index contributed by atoms with van der Waals surface area (Å²) in [7, 11) is 0. The molecule has 0 amide bonds. The second kappa shape index (κ2) is 33.1. The molecular weight excluding hydrogens is 727 g/mol. The zero-order valence-corrected chi connectivity index (χ0v) is 39.5. The quantitative estimate of drug-likeness (QED) is 0.178. The van der Waals surface area contributed by atoms with Crippen molar-refractivity contribution in [1.82, 2.24) is 4.90 Å². The molecule has 0 aliphatic carbocycles. The normalized spacial score (nSPS) is 9.31. The molecule has 0 bridgehead atoms. The van der Waals surface area contributed by atoms with E-state index < -0.39 is 0 Å².